The van der Waals surface area contributed by atoms with Crippen molar-refractivity contribution in [1.29, 1.82) is 0 Å². The third-order valence-corrected chi connectivity index (χ3v) is 2.63. The van der Waals surface area contributed by atoms with Gasteiger partial charge >= 0.3 is 0 Å². The Morgan fingerprint density at radius 3 is 2.65 bits per heavy atom. The standard InChI is InChI=1S/C13H17F2NO/c1-3-4-7-16(2)13(17)8-10-5-6-11(14)9-12(10)15/h5-6,9H,3-4,7-8H2,1-2H3. The van der Waals surface area contributed by atoms with Gasteiger partial charge in [0.25, 0.3) is 0 Å². The molecule has 0 aliphatic rings. The fourth-order valence-corrected chi connectivity index (χ4v) is 1.48. The molecular weight excluding hydrogens is 224 g/mol. The molecule has 1 aromatic carbocycles. The zero-order chi connectivity index (χ0) is 12.8. The largest absolute Gasteiger partial charge is 0.345 e. The summed E-state index contributed by atoms with van der Waals surface area (Å²) in [5, 5.41) is 0. The average molecular weight is 241 g/mol. The van der Waals surface area contributed by atoms with E-state index < -0.39 is 11.6 Å². The van der Waals surface area contributed by atoms with Crippen LogP contribution in [0.5, 0.6) is 0 Å². The maximum absolute atomic E-state index is 13.3. The molecule has 1 amide bonds. The summed E-state index contributed by atoms with van der Waals surface area (Å²) in [6, 6.07) is 3.28. The quantitative estimate of drug-likeness (QED) is 0.776. The number of nitrogens with zero attached hydrogens (tertiary/aromatic N) is 1. The normalized spacial score (nSPS) is 10.4. The van der Waals surface area contributed by atoms with Gasteiger partial charge in [-0.2, -0.15) is 0 Å². The molecule has 0 unspecified atom stereocenters. The van der Waals surface area contributed by atoms with Crippen LogP contribution in [0.2, 0.25) is 0 Å². The maximum Gasteiger partial charge on any atom is 0.226 e. The van der Waals surface area contributed by atoms with Crippen LogP contribution in [0, 0.1) is 11.6 Å². The number of benzene rings is 1. The van der Waals surface area contributed by atoms with Gasteiger partial charge in [0.15, 0.2) is 0 Å². The summed E-state index contributed by atoms with van der Waals surface area (Å²) in [6.07, 6.45) is 1.91. The molecule has 94 valence electrons. The van der Waals surface area contributed by atoms with Gasteiger partial charge in [-0.3, -0.25) is 4.79 Å². The SMILES string of the molecule is CCCCN(C)C(=O)Cc1ccc(F)cc1F. The van der Waals surface area contributed by atoms with Crippen molar-refractivity contribution in [2.24, 2.45) is 0 Å². The molecular formula is C13H17F2NO. The predicted molar refractivity (Wildman–Crippen MR) is 62.6 cm³/mol. The van der Waals surface area contributed by atoms with Crippen LogP contribution in [0.25, 0.3) is 0 Å². The van der Waals surface area contributed by atoms with Gasteiger partial charge in [-0.25, -0.2) is 8.78 Å². The first kappa shape index (κ1) is 13.6. The van der Waals surface area contributed by atoms with Gasteiger partial charge < -0.3 is 4.90 Å². The second kappa shape index (κ2) is 6.33. The van der Waals surface area contributed by atoms with Gasteiger partial charge in [0, 0.05) is 19.7 Å². The zero-order valence-corrected chi connectivity index (χ0v) is 10.2. The van der Waals surface area contributed by atoms with Crippen molar-refractivity contribution < 1.29 is 13.6 Å². The molecule has 0 saturated carbocycles. The number of unbranched alkanes of at least 4 members (excludes halogenated alkanes) is 1. The van der Waals surface area contributed by atoms with E-state index in [9.17, 15) is 13.6 Å². The van der Waals surface area contributed by atoms with Crippen LogP contribution < -0.4 is 0 Å². The number of hydrogen-bond donors (Lipinski definition) is 0. The fraction of sp³-hybridized carbons (Fsp3) is 0.462. The maximum atomic E-state index is 13.3. The van der Waals surface area contributed by atoms with Crippen LogP contribution in [0.1, 0.15) is 25.3 Å². The number of carbonyl (C=O) groups is 1. The van der Waals surface area contributed by atoms with Crippen LogP contribution in [-0.4, -0.2) is 24.4 Å². The van der Waals surface area contributed by atoms with E-state index in [0.29, 0.717) is 6.54 Å². The lowest BCUT2D eigenvalue weighted by Crippen LogP contribution is -2.29. The van der Waals surface area contributed by atoms with Gasteiger partial charge in [-0.15, -0.1) is 0 Å². The average Bonchev–Trinajstić information content (AvgIpc) is 2.29. The smallest absolute Gasteiger partial charge is 0.226 e. The highest BCUT2D eigenvalue weighted by Gasteiger charge is 2.12. The zero-order valence-electron chi connectivity index (χ0n) is 10.2. The number of carbonyl (C=O) groups excluding carboxylic acids is 1. The van der Waals surface area contributed by atoms with Crippen molar-refractivity contribution >= 4 is 5.91 Å². The summed E-state index contributed by atoms with van der Waals surface area (Å²) in [5.41, 5.74) is 0.236. The summed E-state index contributed by atoms with van der Waals surface area (Å²) < 4.78 is 26.0. The summed E-state index contributed by atoms with van der Waals surface area (Å²) in [7, 11) is 1.69. The summed E-state index contributed by atoms with van der Waals surface area (Å²) in [5.74, 6) is -1.44. The van der Waals surface area contributed by atoms with Crippen molar-refractivity contribution in [3.05, 3.63) is 35.4 Å². The number of rotatable bonds is 5. The van der Waals surface area contributed by atoms with Gasteiger partial charge in [0.05, 0.1) is 6.42 Å². The number of amides is 1. The van der Waals surface area contributed by atoms with Crippen LogP contribution >= 0.6 is 0 Å². The number of likely N-dealkylation sites (N-methyl/N-ethyl adjacent to an activating group) is 1. The Balaban J connectivity index is 2.61. The van der Waals surface area contributed by atoms with Crippen molar-refractivity contribution in [3.63, 3.8) is 0 Å². The second-order valence-corrected chi connectivity index (χ2v) is 4.08. The summed E-state index contributed by atoms with van der Waals surface area (Å²) in [6.45, 7) is 2.70. The molecule has 0 saturated heterocycles. The van der Waals surface area contributed by atoms with Crippen molar-refractivity contribution in [2.45, 2.75) is 26.2 Å². The molecule has 1 aromatic rings. The predicted octanol–water partition coefficient (Wildman–Crippen LogP) is 2.77. The van der Waals surface area contributed by atoms with Crippen LogP contribution in [0.15, 0.2) is 18.2 Å². The first-order valence-electron chi connectivity index (χ1n) is 5.72. The molecule has 0 aromatic heterocycles. The highest BCUT2D eigenvalue weighted by molar-refractivity contribution is 5.78. The van der Waals surface area contributed by atoms with Crippen molar-refractivity contribution in [3.8, 4) is 0 Å². The lowest BCUT2D eigenvalue weighted by atomic mass is 10.1. The molecule has 0 spiro atoms. The van der Waals surface area contributed by atoms with E-state index in [1.165, 1.54) is 6.07 Å². The molecule has 4 heteroatoms. The molecule has 0 radical (unpaired) electrons. The van der Waals surface area contributed by atoms with Crippen molar-refractivity contribution in [2.75, 3.05) is 13.6 Å². The summed E-state index contributed by atoms with van der Waals surface area (Å²) in [4.78, 5) is 13.3. The van der Waals surface area contributed by atoms with Gasteiger partial charge in [0.1, 0.15) is 11.6 Å². The molecule has 0 aliphatic heterocycles. The first-order chi connectivity index (χ1) is 8.04. The molecule has 1 rings (SSSR count). The molecule has 0 bridgehead atoms. The monoisotopic (exact) mass is 241 g/mol. The summed E-state index contributed by atoms with van der Waals surface area (Å²) >= 11 is 0. The molecule has 17 heavy (non-hydrogen) atoms. The Labute approximate surface area is 100 Å². The Kier molecular flexibility index (Phi) is 5.07. The van der Waals surface area contributed by atoms with E-state index in [-0.39, 0.29) is 17.9 Å². The van der Waals surface area contributed by atoms with E-state index in [1.54, 1.807) is 11.9 Å². The van der Waals surface area contributed by atoms with Crippen LogP contribution in [0.4, 0.5) is 8.78 Å². The highest BCUT2D eigenvalue weighted by Crippen LogP contribution is 2.11. The lowest BCUT2D eigenvalue weighted by Gasteiger charge is -2.16. The third kappa shape index (κ3) is 4.13. The fourth-order valence-electron chi connectivity index (χ4n) is 1.48. The van der Waals surface area contributed by atoms with E-state index in [1.807, 2.05) is 6.92 Å². The van der Waals surface area contributed by atoms with Crippen LogP contribution in [-0.2, 0) is 11.2 Å². The van der Waals surface area contributed by atoms with Gasteiger partial charge in [-0.05, 0) is 18.1 Å². The molecule has 2 nitrogen and oxygen atoms in total. The number of halogens is 2. The lowest BCUT2D eigenvalue weighted by molar-refractivity contribution is -0.129. The molecule has 0 N–H and O–H groups in total. The molecule has 0 fully saturated rings. The Morgan fingerprint density at radius 2 is 2.06 bits per heavy atom. The second-order valence-electron chi connectivity index (χ2n) is 4.08. The van der Waals surface area contributed by atoms with Crippen molar-refractivity contribution in [1.82, 2.24) is 4.90 Å². The highest BCUT2D eigenvalue weighted by atomic mass is 19.1. The van der Waals surface area contributed by atoms with E-state index in [0.717, 1.165) is 25.0 Å². The molecule has 0 heterocycles. The Morgan fingerprint density at radius 1 is 1.35 bits per heavy atom. The van der Waals surface area contributed by atoms with E-state index in [4.69, 9.17) is 0 Å². The Hall–Kier alpha value is -1.45. The molecule has 0 aliphatic carbocycles. The minimum atomic E-state index is -0.665. The van der Waals surface area contributed by atoms with E-state index >= 15 is 0 Å². The molecule has 0 atom stereocenters. The Bertz CT molecular complexity index is 393. The van der Waals surface area contributed by atoms with Gasteiger partial charge in [0.2, 0.25) is 5.91 Å². The third-order valence-electron chi connectivity index (χ3n) is 2.63. The minimum absolute atomic E-state index is 0.0215. The number of hydrogen-bond acceptors (Lipinski definition) is 1. The first-order valence-corrected chi connectivity index (χ1v) is 5.72. The van der Waals surface area contributed by atoms with Crippen LogP contribution in [0.3, 0.4) is 0 Å². The van der Waals surface area contributed by atoms with Gasteiger partial charge in [-0.1, -0.05) is 19.4 Å². The van der Waals surface area contributed by atoms with E-state index in [2.05, 4.69) is 0 Å². The minimum Gasteiger partial charge on any atom is -0.345 e. The topological polar surface area (TPSA) is 20.3 Å².